The fourth-order valence-electron chi connectivity index (χ4n) is 4.02. The Morgan fingerprint density at radius 3 is 2.76 bits per heavy atom. The van der Waals surface area contributed by atoms with E-state index in [1.165, 1.54) is 35.7 Å². The number of rotatable bonds is 2. The fraction of sp³-hybridized carbons (Fsp3) is 0.444. The highest BCUT2D eigenvalue weighted by molar-refractivity contribution is 5.86. The van der Waals surface area contributed by atoms with E-state index in [1.807, 2.05) is 0 Å². The van der Waals surface area contributed by atoms with Crippen molar-refractivity contribution < 1.29 is 0 Å². The Labute approximate surface area is 126 Å². The van der Waals surface area contributed by atoms with Crippen LogP contribution in [0.3, 0.4) is 0 Å². The smallest absolute Gasteiger partial charge is 0.0334 e. The van der Waals surface area contributed by atoms with Crippen LogP contribution in [0.4, 0.5) is 0 Å². The van der Waals surface area contributed by atoms with E-state index < -0.39 is 0 Å². The van der Waals surface area contributed by atoms with Crippen molar-refractivity contribution in [3.05, 3.63) is 48.0 Å². The van der Waals surface area contributed by atoms with Gasteiger partial charge in [0.25, 0.3) is 0 Å². The molecule has 2 heterocycles. The van der Waals surface area contributed by atoms with E-state index in [0.717, 1.165) is 19.0 Å². The van der Waals surface area contributed by atoms with Crippen LogP contribution in [-0.2, 0) is 0 Å². The molecule has 2 aromatic rings. The lowest BCUT2D eigenvalue weighted by atomic mass is 9.80. The molecule has 3 nitrogen and oxygen atoms in total. The summed E-state index contributed by atoms with van der Waals surface area (Å²) in [5.41, 5.74) is 8.44. The van der Waals surface area contributed by atoms with Crippen LogP contribution < -0.4 is 16.2 Å². The zero-order chi connectivity index (χ0) is 14.1. The van der Waals surface area contributed by atoms with Gasteiger partial charge in [0, 0.05) is 18.5 Å². The summed E-state index contributed by atoms with van der Waals surface area (Å²) < 4.78 is 0. The molecule has 21 heavy (non-hydrogen) atoms. The zero-order valence-corrected chi connectivity index (χ0v) is 12.3. The summed E-state index contributed by atoms with van der Waals surface area (Å²) in [5, 5.41) is 6.31. The van der Waals surface area contributed by atoms with Crippen LogP contribution in [0.2, 0.25) is 0 Å². The molecule has 110 valence electrons. The van der Waals surface area contributed by atoms with Gasteiger partial charge in [-0.2, -0.15) is 0 Å². The third kappa shape index (κ3) is 2.46. The van der Waals surface area contributed by atoms with E-state index in [1.54, 1.807) is 0 Å². The highest BCUT2D eigenvalue weighted by atomic mass is 15.4. The van der Waals surface area contributed by atoms with E-state index in [9.17, 15) is 0 Å². The first-order chi connectivity index (χ1) is 10.4. The van der Waals surface area contributed by atoms with Gasteiger partial charge in [-0.3, -0.25) is 10.9 Å². The van der Waals surface area contributed by atoms with Crippen molar-refractivity contribution in [3.63, 3.8) is 0 Å². The van der Waals surface area contributed by atoms with Crippen LogP contribution in [0.25, 0.3) is 10.8 Å². The summed E-state index contributed by atoms with van der Waals surface area (Å²) in [5.74, 6) is 1.28. The first-order valence-electron chi connectivity index (χ1n) is 8.10. The quantitative estimate of drug-likeness (QED) is 0.791. The van der Waals surface area contributed by atoms with Crippen LogP contribution in [0.1, 0.15) is 24.3 Å². The van der Waals surface area contributed by atoms with Crippen molar-refractivity contribution in [1.29, 1.82) is 0 Å². The van der Waals surface area contributed by atoms with Crippen LogP contribution in [0.5, 0.6) is 0 Å². The predicted octanol–water partition coefficient (Wildman–Crippen LogP) is 2.40. The molecule has 2 aromatic carbocycles. The van der Waals surface area contributed by atoms with Gasteiger partial charge in [-0.05, 0) is 48.2 Å². The van der Waals surface area contributed by atoms with Gasteiger partial charge >= 0.3 is 0 Å². The van der Waals surface area contributed by atoms with Gasteiger partial charge in [0.2, 0.25) is 0 Å². The molecule has 0 bridgehead atoms. The monoisotopic (exact) mass is 281 g/mol. The molecular formula is C18H23N3. The normalized spacial score (nSPS) is 29.8. The van der Waals surface area contributed by atoms with Crippen LogP contribution in [-0.4, -0.2) is 25.7 Å². The number of piperidine rings is 1. The SMILES string of the molecule is c1ccc2c(C3CNNC3C3CCCNC3)cccc2c1. The average Bonchev–Trinajstić information content (AvgIpc) is 3.04. The Hall–Kier alpha value is -1.42. The molecule has 0 saturated carbocycles. The first kappa shape index (κ1) is 13.3. The van der Waals surface area contributed by atoms with E-state index in [-0.39, 0.29) is 0 Å². The van der Waals surface area contributed by atoms with E-state index >= 15 is 0 Å². The molecule has 0 radical (unpaired) electrons. The average molecular weight is 281 g/mol. The molecular weight excluding hydrogens is 258 g/mol. The van der Waals surface area contributed by atoms with Crippen molar-refractivity contribution in [2.75, 3.05) is 19.6 Å². The lowest BCUT2D eigenvalue weighted by molar-refractivity contribution is 0.284. The Bertz CT molecular complexity index is 613. The maximum Gasteiger partial charge on any atom is 0.0334 e. The maximum absolute atomic E-state index is 3.55. The Morgan fingerprint density at radius 1 is 0.952 bits per heavy atom. The third-order valence-corrected chi connectivity index (χ3v) is 5.09. The second kappa shape index (κ2) is 5.76. The molecule has 3 unspecified atom stereocenters. The number of hydrogen-bond donors (Lipinski definition) is 3. The number of fused-ring (bicyclic) bond motifs is 1. The summed E-state index contributed by atoms with van der Waals surface area (Å²) in [4.78, 5) is 0. The molecule has 2 aliphatic heterocycles. The molecule has 4 rings (SSSR count). The third-order valence-electron chi connectivity index (χ3n) is 5.09. The highest BCUT2D eigenvalue weighted by Gasteiger charge is 2.35. The van der Waals surface area contributed by atoms with Crippen LogP contribution >= 0.6 is 0 Å². The van der Waals surface area contributed by atoms with Crippen molar-refractivity contribution in [1.82, 2.24) is 16.2 Å². The summed E-state index contributed by atoms with van der Waals surface area (Å²) in [6.45, 7) is 3.34. The molecule has 0 aromatic heterocycles. The molecule has 3 N–H and O–H groups in total. The van der Waals surface area contributed by atoms with Gasteiger partial charge in [0.15, 0.2) is 0 Å². The zero-order valence-electron chi connectivity index (χ0n) is 12.3. The van der Waals surface area contributed by atoms with Crippen LogP contribution in [0.15, 0.2) is 42.5 Å². The minimum absolute atomic E-state index is 0.531. The molecule has 3 atom stereocenters. The van der Waals surface area contributed by atoms with Gasteiger partial charge in [-0.25, -0.2) is 0 Å². The van der Waals surface area contributed by atoms with Crippen molar-refractivity contribution in [3.8, 4) is 0 Å². The second-order valence-electron chi connectivity index (χ2n) is 6.33. The minimum Gasteiger partial charge on any atom is -0.316 e. The summed E-state index contributed by atoms with van der Waals surface area (Å²) in [6.07, 6.45) is 2.62. The fourth-order valence-corrected chi connectivity index (χ4v) is 4.02. The Kier molecular flexibility index (Phi) is 3.63. The maximum atomic E-state index is 3.55. The summed E-state index contributed by atoms with van der Waals surface area (Å²) >= 11 is 0. The second-order valence-corrected chi connectivity index (χ2v) is 6.33. The van der Waals surface area contributed by atoms with Crippen molar-refractivity contribution >= 4 is 10.8 Å². The van der Waals surface area contributed by atoms with Gasteiger partial charge in [-0.15, -0.1) is 0 Å². The number of hydrazine groups is 1. The van der Waals surface area contributed by atoms with E-state index in [0.29, 0.717) is 12.0 Å². The van der Waals surface area contributed by atoms with Gasteiger partial charge < -0.3 is 5.32 Å². The number of benzene rings is 2. The molecule has 2 aliphatic rings. The Morgan fingerprint density at radius 2 is 1.86 bits per heavy atom. The standard InChI is InChI=1S/C18H23N3/c1-2-8-15-13(5-1)6-3-9-16(15)17-12-20-21-18(17)14-7-4-10-19-11-14/h1-3,5-6,8-9,14,17-21H,4,7,10-12H2. The Balaban J connectivity index is 1.69. The molecule has 0 amide bonds. The summed E-state index contributed by atoms with van der Waals surface area (Å²) in [7, 11) is 0. The van der Waals surface area contributed by atoms with Crippen LogP contribution in [0, 0.1) is 5.92 Å². The minimum atomic E-state index is 0.531. The summed E-state index contributed by atoms with van der Waals surface area (Å²) in [6, 6.07) is 16.0. The van der Waals surface area contributed by atoms with Crippen molar-refractivity contribution in [2.24, 2.45) is 5.92 Å². The molecule has 0 aliphatic carbocycles. The molecule has 2 fully saturated rings. The van der Waals surface area contributed by atoms with Crippen molar-refractivity contribution in [2.45, 2.75) is 24.8 Å². The lowest BCUT2D eigenvalue weighted by Crippen LogP contribution is -2.44. The number of nitrogens with one attached hydrogen (secondary N) is 3. The molecule has 0 spiro atoms. The largest absolute Gasteiger partial charge is 0.316 e. The molecule has 3 heteroatoms. The molecule has 2 saturated heterocycles. The van der Waals surface area contributed by atoms with Gasteiger partial charge in [0.1, 0.15) is 0 Å². The predicted molar refractivity (Wildman–Crippen MR) is 87.2 cm³/mol. The lowest BCUT2D eigenvalue weighted by Gasteiger charge is -2.32. The van der Waals surface area contributed by atoms with E-state index in [2.05, 4.69) is 58.6 Å². The van der Waals surface area contributed by atoms with Gasteiger partial charge in [-0.1, -0.05) is 42.5 Å². The topological polar surface area (TPSA) is 36.1 Å². The van der Waals surface area contributed by atoms with E-state index in [4.69, 9.17) is 0 Å². The highest BCUT2D eigenvalue weighted by Crippen LogP contribution is 2.33. The first-order valence-corrected chi connectivity index (χ1v) is 8.10. The number of hydrogen-bond acceptors (Lipinski definition) is 3. The van der Waals surface area contributed by atoms with Gasteiger partial charge in [0.05, 0.1) is 0 Å².